The van der Waals surface area contributed by atoms with Crippen molar-refractivity contribution < 1.29 is 41.9 Å². The number of Topliss-reactive ketones (excluding diaryl/α,β-unsaturated/α-hetero) is 2. The van der Waals surface area contributed by atoms with Crippen LogP contribution >= 0.6 is 0 Å². The molecule has 0 aromatic heterocycles. The topological polar surface area (TPSA) is 142 Å². The van der Waals surface area contributed by atoms with Crippen LogP contribution in [0.2, 0.25) is 0 Å². The number of rotatable bonds is 10. The van der Waals surface area contributed by atoms with Gasteiger partial charge in [-0.1, -0.05) is 38.5 Å². The molecular formula is C31H43F3N4O6. The molecule has 3 aliphatic carbocycles. The Morgan fingerprint density at radius 3 is 2.20 bits per heavy atom. The molecule has 0 aromatic carbocycles. The van der Waals surface area contributed by atoms with Crippen molar-refractivity contribution in [2.45, 2.75) is 114 Å². The van der Waals surface area contributed by atoms with E-state index in [2.05, 4.69) is 16.0 Å². The maximum absolute atomic E-state index is 14.0. The van der Waals surface area contributed by atoms with Gasteiger partial charge in [0.25, 0.3) is 5.91 Å². The fourth-order valence-electron chi connectivity index (χ4n) is 8.35. The molecule has 0 radical (unpaired) electrons. The van der Waals surface area contributed by atoms with Crippen LogP contribution in [-0.4, -0.2) is 77.5 Å². The standard InChI is InChI=1S/C31H43F3N4O6/c32-31(33,34)26(40)23(17-7-2-1-3-8-17)30(44)38-16-19-9-6-12-21(19)24(38)28(42)37-22(15-18-13-14-35-27(18)41)25(39)29(43)36-20-10-4-5-11-20/h17-24H,1-16H2,(H,35,41)(H,36,43)(H,37,42)/t18-,19-,21-,22-,23-,24-/m0/s1. The van der Waals surface area contributed by atoms with Crippen molar-refractivity contribution in [1.82, 2.24) is 20.9 Å². The van der Waals surface area contributed by atoms with Gasteiger partial charge in [-0.2, -0.15) is 13.2 Å². The third kappa shape index (κ3) is 6.96. The predicted octanol–water partition coefficient (Wildman–Crippen LogP) is 2.58. The Labute approximate surface area is 255 Å². The number of nitrogens with one attached hydrogen (secondary N) is 3. The first-order valence-electron chi connectivity index (χ1n) is 16.3. The lowest BCUT2D eigenvalue weighted by Crippen LogP contribution is -2.57. The van der Waals surface area contributed by atoms with Crippen LogP contribution in [0.1, 0.15) is 89.9 Å². The normalized spacial score (nSPS) is 29.2. The summed E-state index contributed by atoms with van der Waals surface area (Å²) in [4.78, 5) is 80.6. The van der Waals surface area contributed by atoms with Gasteiger partial charge >= 0.3 is 6.18 Å². The van der Waals surface area contributed by atoms with Crippen molar-refractivity contribution in [3.05, 3.63) is 0 Å². The van der Waals surface area contributed by atoms with Crippen molar-refractivity contribution in [2.24, 2.45) is 29.6 Å². The van der Waals surface area contributed by atoms with E-state index in [4.69, 9.17) is 0 Å². The van der Waals surface area contributed by atoms with E-state index in [-0.39, 0.29) is 36.8 Å². The Morgan fingerprint density at radius 2 is 1.57 bits per heavy atom. The zero-order valence-electron chi connectivity index (χ0n) is 25.0. The Bertz CT molecular complexity index is 1150. The molecular weight excluding hydrogens is 581 g/mol. The minimum Gasteiger partial charge on any atom is -0.356 e. The Hall–Kier alpha value is -2.99. The van der Waals surface area contributed by atoms with E-state index in [0.29, 0.717) is 51.5 Å². The van der Waals surface area contributed by atoms with Gasteiger partial charge < -0.3 is 20.9 Å². The molecule has 5 aliphatic rings. The molecule has 44 heavy (non-hydrogen) atoms. The zero-order valence-corrected chi connectivity index (χ0v) is 25.0. The maximum atomic E-state index is 14.0. The lowest BCUT2D eigenvalue weighted by atomic mass is 9.77. The van der Waals surface area contributed by atoms with Crippen molar-refractivity contribution in [3.63, 3.8) is 0 Å². The van der Waals surface area contributed by atoms with Crippen LogP contribution in [0.15, 0.2) is 0 Å². The Balaban J connectivity index is 1.39. The number of carbonyl (C=O) groups is 6. The molecule has 0 aromatic rings. The second-order valence-corrected chi connectivity index (χ2v) is 13.4. The van der Waals surface area contributed by atoms with Crippen LogP contribution in [-0.2, 0) is 28.8 Å². The first-order chi connectivity index (χ1) is 21.0. The first kappa shape index (κ1) is 32.4. The van der Waals surface area contributed by atoms with Crippen LogP contribution in [0.3, 0.4) is 0 Å². The molecule has 244 valence electrons. The van der Waals surface area contributed by atoms with Crippen molar-refractivity contribution in [3.8, 4) is 0 Å². The van der Waals surface area contributed by atoms with Gasteiger partial charge in [0, 0.05) is 25.0 Å². The molecule has 6 atom stereocenters. The molecule has 5 fully saturated rings. The average molecular weight is 625 g/mol. The Morgan fingerprint density at radius 1 is 0.886 bits per heavy atom. The monoisotopic (exact) mass is 624 g/mol. The number of likely N-dealkylation sites (tertiary alicyclic amines) is 1. The van der Waals surface area contributed by atoms with Gasteiger partial charge in [-0.15, -0.1) is 0 Å². The molecule has 2 aliphatic heterocycles. The fourth-order valence-corrected chi connectivity index (χ4v) is 8.35. The number of carbonyl (C=O) groups excluding carboxylic acids is 6. The summed E-state index contributed by atoms with van der Waals surface area (Å²) in [5.74, 6) is -9.58. The van der Waals surface area contributed by atoms with Crippen LogP contribution in [0.4, 0.5) is 13.2 Å². The highest BCUT2D eigenvalue weighted by Gasteiger charge is 2.56. The number of nitrogens with zero attached hydrogens (tertiary/aromatic N) is 1. The molecule has 5 rings (SSSR count). The SMILES string of the molecule is O=C(NC1CCCC1)C(=O)[C@H](C[C@@H]1CCNC1=O)NC(=O)[C@@H]1[C@H]2CCC[C@H]2CN1C(=O)[C@H](C(=O)C(F)(F)F)C1CCCCC1. The number of amides is 4. The summed E-state index contributed by atoms with van der Waals surface area (Å²) >= 11 is 0. The molecule has 0 spiro atoms. The number of ketones is 2. The molecule has 4 amide bonds. The largest absolute Gasteiger partial charge is 0.450 e. The minimum atomic E-state index is -5.20. The van der Waals surface area contributed by atoms with Crippen LogP contribution in [0.25, 0.3) is 0 Å². The van der Waals surface area contributed by atoms with Crippen LogP contribution in [0.5, 0.6) is 0 Å². The van der Waals surface area contributed by atoms with Crippen LogP contribution in [0, 0.1) is 29.6 Å². The van der Waals surface area contributed by atoms with Gasteiger partial charge in [0.15, 0.2) is 0 Å². The molecule has 3 saturated carbocycles. The predicted molar refractivity (Wildman–Crippen MR) is 151 cm³/mol. The summed E-state index contributed by atoms with van der Waals surface area (Å²) < 4.78 is 41.4. The highest BCUT2D eigenvalue weighted by atomic mass is 19.4. The fraction of sp³-hybridized carbons (Fsp3) is 0.806. The molecule has 0 unspecified atom stereocenters. The Kier molecular flexibility index (Phi) is 9.99. The molecule has 2 saturated heterocycles. The number of alkyl halides is 3. The number of fused-ring (bicyclic) bond motifs is 1. The summed E-state index contributed by atoms with van der Waals surface area (Å²) in [6, 6.07) is -2.67. The van der Waals surface area contributed by atoms with Gasteiger partial charge in [0.1, 0.15) is 12.0 Å². The van der Waals surface area contributed by atoms with E-state index < -0.39 is 65.3 Å². The number of hydrogen-bond donors (Lipinski definition) is 3. The number of halogens is 3. The molecule has 2 heterocycles. The summed E-state index contributed by atoms with van der Waals surface area (Å²) in [7, 11) is 0. The highest BCUT2D eigenvalue weighted by molar-refractivity contribution is 6.38. The van der Waals surface area contributed by atoms with Crippen molar-refractivity contribution >= 4 is 35.2 Å². The van der Waals surface area contributed by atoms with Crippen LogP contribution < -0.4 is 16.0 Å². The second kappa shape index (κ2) is 13.6. The van der Waals surface area contributed by atoms with E-state index in [9.17, 15) is 41.9 Å². The first-order valence-corrected chi connectivity index (χ1v) is 16.3. The minimum absolute atomic E-state index is 0.0573. The van der Waals surface area contributed by atoms with Crippen molar-refractivity contribution in [2.75, 3.05) is 13.1 Å². The molecule has 3 N–H and O–H groups in total. The van der Waals surface area contributed by atoms with E-state index >= 15 is 0 Å². The van der Waals surface area contributed by atoms with E-state index in [0.717, 1.165) is 43.4 Å². The summed E-state index contributed by atoms with van der Waals surface area (Å²) in [6.45, 7) is 0.457. The highest BCUT2D eigenvalue weighted by Crippen LogP contribution is 2.44. The second-order valence-electron chi connectivity index (χ2n) is 13.4. The van der Waals surface area contributed by atoms with E-state index in [1.54, 1.807) is 0 Å². The average Bonchev–Trinajstić information content (AvgIpc) is 3.79. The number of hydrogen-bond acceptors (Lipinski definition) is 6. The summed E-state index contributed by atoms with van der Waals surface area (Å²) in [5.41, 5.74) is 0. The third-order valence-corrected chi connectivity index (χ3v) is 10.6. The van der Waals surface area contributed by atoms with Gasteiger partial charge in [0.2, 0.25) is 29.3 Å². The van der Waals surface area contributed by atoms with E-state index in [1.807, 2.05) is 0 Å². The van der Waals surface area contributed by atoms with Gasteiger partial charge in [-0.3, -0.25) is 28.8 Å². The zero-order chi connectivity index (χ0) is 31.6. The third-order valence-electron chi connectivity index (χ3n) is 10.6. The van der Waals surface area contributed by atoms with E-state index in [1.165, 1.54) is 0 Å². The lowest BCUT2D eigenvalue weighted by Gasteiger charge is -2.35. The summed E-state index contributed by atoms with van der Waals surface area (Å²) in [5, 5.41) is 8.08. The summed E-state index contributed by atoms with van der Waals surface area (Å²) in [6.07, 6.45) is 3.19. The van der Waals surface area contributed by atoms with Gasteiger partial charge in [0.05, 0.1) is 6.04 Å². The van der Waals surface area contributed by atoms with Crippen molar-refractivity contribution in [1.29, 1.82) is 0 Å². The molecule has 0 bridgehead atoms. The molecule has 13 heteroatoms. The smallest absolute Gasteiger partial charge is 0.356 e. The van der Waals surface area contributed by atoms with Gasteiger partial charge in [-0.05, 0) is 69.1 Å². The molecule has 10 nitrogen and oxygen atoms in total. The quantitative estimate of drug-likeness (QED) is 0.252. The maximum Gasteiger partial charge on any atom is 0.450 e. The van der Waals surface area contributed by atoms with Gasteiger partial charge in [-0.25, -0.2) is 0 Å². The lowest BCUT2D eigenvalue weighted by molar-refractivity contribution is -0.181.